The molecule has 146 valence electrons. The van der Waals surface area contributed by atoms with Gasteiger partial charge in [0.15, 0.2) is 0 Å². The van der Waals surface area contributed by atoms with Gasteiger partial charge in [-0.15, -0.1) is 0 Å². The highest BCUT2D eigenvalue weighted by Crippen LogP contribution is 2.15. The van der Waals surface area contributed by atoms with E-state index >= 15 is 0 Å². The van der Waals surface area contributed by atoms with Gasteiger partial charge < -0.3 is 15.4 Å². The van der Waals surface area contributed by atoms with Crippen LogP contribution in [-0.2, 0) is 12.8 Å². The van der Waals surface area contributed by atoms with Crippen LogP contribution in [-0.4, -0.2) is 30.2 Å². The van der Waals surface area contributed by atoms with Crippen molar-refractivity contribution in [1.29, 1.82) is 0 Å². The summed E-state index contributed by atoms with van der Waals surface area (Å²) in [5, 5.41) is 7.44. The molecule has 1 aromatic heterocycles. The summed E-state index contributed by atoms with van der Waals surface area (Å²) in [5.74, 6) is 2.32. The fourth-order valence-electron chi connectivity index (χ4n) is 2.91. The second kappa shape index (κ2) is 9.95. The number of benzene rings is 2. The highest BCUT2D eigenvalue weighted by Gasteiger charge is 2.03. The smallest absolute Gasteiger partial charge is 0.224 e. The molecule has 0 unspecified atom stereocenters. The van der Waals surface area contributed by atoms with Crippen molar-refractivity contribution in [2.45, 2.75) is 19.8 Å². The summed E-state index contributed by atoms with van der Waals surface area (Å²) in [7, 11) is 1.68. The number of aromatic nitrogens is 2. The van der Waals surface area contributed by atoms with E-state index in [0.29, 0.717) is 5.95 Å². The number of methoxy groups -OCH3 is 1. The highest BCUT2D eigenvalue weighted by atomic mass is 35.5. The summed E-state index contributed by atoms with van der Waals surface area (Å²) >= 11 is 6.04. The number of halogens is 1. The van der Waals surface area contributed by atoms with Crippen molar-refractivity contribution in [2.24, 2.45) is 0 Å². The number of anilines is 2. The molecule has 0 amide bonds. The molecule has 5 nitrogen and oxygen atoms in total. The average Bonchev–Trinajstić information content (AvgIpc) is 2.68. The second-order valence-electron chi connectivity index (χ2n) is 6.55. The second-order valence-corrected chi connectivity index (χ2v) is 6.99. The number of nitrogens with one attached hydrogen (secondary N) is 2. The van der Waals surface area contributed by atoms with Gasteiger partial charge in [-0.05, 0) is 55.2 Å². The standard InChI is InChI=1S/C22H25ClN4O/c1-16-13-21(24-11-9-17-5-3-7-19(23)14-17)27-22(26-16)25-12-10-18-6-4-8-20(15-18)28-2/h3-8,13-15H,9-12H2,1-2H3,(H2,24,25,26,27). The van der Waals surface area contributed by atoms with Crippen LogP contribution < -0.4 is 15.4 Å². The lowest BCUT2D eigenvalue weighted by Gasteiger charge is -2.10. The minimum Gasteiger partial charge on any atom is -0.497 e. The van der Waals surface area contributed by atoms with E-state index in [-0.39, 0.29) is 0 Å². The molecule has 2 aromatic carbocycles. The van der Waals surface area contributed by atoms with Gasteiger partial charge in [-0.2, -0.15) is 4.98 Å². The molecule has 2 N–H and O–H groups in total. The van der Waals surface area contributed by atoms with Crippen molar-refractivity contribution in [3.63, 3.8) is 0 Å². The van der Waals surface area contributed by atoms with Gasteiger partial charge in [0.1, 0.15) is 11.6 Å². The minimum atomic E-state index is 0.633. The van der Waals surface area contributed by atoms with Gasteiger partial charge in [-0.3, -0.25) is 0 Å². The zero-order valence-corrected chi connectivity index (χ0v) is 17.0. The lowest BCUT2D eigenvalue weighted by molar-refractivity contribution is 0.414. The van der Waals surface area contributed by atoms with E-state index in [1.165, 1.54) is 11.1 Å². The van der Waals surface area contributed by atoms with Crippen LogP contribution in [0, 0.1) is 6.92 Å². The Balaban J connectivity index is 1.52. The topological polar surface area (TPSA) is 59.1 Å². The van der Waals surface area contributed by atoms with Crippen LogP contribution in [0.2, 0.25) is 5.02 Å². The van der Waals surface area contributed by atoms with E-state index in [0.717, 1.165) is 48.2 Å². The average molecular weight is 397 g/mol. The first kappa shape index (κ1) is 20.0. The molecule has 6 heteroatoms. The molecular weight excluding hydrogens is 372 g/mol. The lowest BCUT2D eigenvalue weighted by atomic mass is 10.1. The van der Waals surface area contributed by atoms with Gasteiger partial charge in [0.25, 0.3) is 0 Å². The summed E-state index contributed by atoms with van der Waals surface area (Å²) in [6.07, 6.45) is 1.74. The number of aryl methyl sites for hydroxylation is 1. The molecule has 1 heterocycles. The van der Waals surface area contributed by atoms with Crippen molar-refractivity contribution in [2.75, 3.05) is 30.8 Å². The molecular formula is C22H25ClN4O. The Bertz CT molecular complexity index is 917. The first-order valence-corrected chi connectivity index (χ1v) is 9.71. The SMILES string of the molecule is COc1cccc(CCNc2nc(C)cc(NCCc3cccc(Cl)c3)n2)c1. The first-order valence-electron chi connectivity index (χ1n) is 9.33. The Morgan fingerprint density at radius 3 is 2.36 bits per heavy atom. The van der Waals surface area contributed by atoms with E-state index < -0.39 is 0 Å². The minimum absolute atomic E-state index is 0.633. The summed E-state index contributed by atoms with van der Waals surface area (Å²) in [6, 6.07) is 17.9. The van der Waals surface area contributed by atoms with Crippen LogP contribution in [0.4, 0.5) is 11.8 Å². The van der Waals surface area contributed by atoms with Gasteiger partial charge >= 0.3 is 0 Å². The Hall–Kier alpha value is -2.79. The Morgan fingerprint density at radius 2 is 1.61 bits per heavy atom. The van der Waals surface area contributed by atoms with Crippen molar-refractivity contribution < 1.29 is 4.74 Å². The predicted octanol–water partition coefficient (Wildman–Crippen LogP) is 4.76. The van der Waals surface area contributed by atoms with Crippen LogP contribution in [0.25, 0.3) is 0 Å². The number of hydrogen-bond acceptors (Lipinski definition) is 5. The van der Waals surface area contributed by atoms with Crippen molar-refractivity contribution in [3.05, 3.63) is 76.4 Å². The number of rotatable bonds is 9. The summed E-state index contributed by atoms with van der Waals surface area (Å²) < 4.78 is 5.27. The first-order chi connectivity index (χ1) is 13.6. The van der Waals surface area contributed by atoms with Gasteiger partial charge in [0, 0.05) is 29.9 Å². The quantitative estimate of drug-likeness (QED) is 0.546. The Labute approximate surface area is 171 Å². The van der Waals surface area contributed by atoms with E-state index in [2.05, 4.69) is 32.7 Å². The van der Waals surface area contributed by atoms with Crippen LogP contribution in [0.3, 0.4) is 0 Å². The van der Waals surface area contributed by atoms with Gasteiger partial charge in [-0.1, -0.05) is 35.9 Å². The van der Waals surface area contributed by atoms with E-state index in [1.54, 1.807) is 7.11 Å². The van der Waals surface area contributed by atoms with Crippen LogP contribution >= 0.6 is 11.6 Å². The number of nitrogens with zero attached hydrogens (tertiary/aromatic N) is 2. The summed E-state index contributed by atoms with van der Waals surface area (Å²) in [4.78, 5) is 9.04. The maximum absolute atomic E-state index is 6.04. The normalized spacial score (nSPS) is 10.5. The molecule has 0 aliphatic rings. The largest absolute Gasteiger partial charge is 0.497 e. The van der Waals surface area contributed by atoms with E-state index in [9.17, 15) is 0 Å². The van der Waals surface area contributed by atoms with Gasteiger partial charge in [-0.25, -0.2) is 4.98 Å². The van der Waals surface area contributed by atoms with Gasteiger partial charge in [0.05, 0.1) is 7.11 Å². The molecule has 0 atom stereocenters. The van der Waals surface area contributed by atoms with E-state index in [1.807, 2.05) is 49.4 Å². The Kier molecular flexibility index (Phi) is 7.09. The third kappa shape index (κ3) is 6.13. The molecule has 0 radical (unpaired) electrons. The third-order valence-electron chi connectivity index (χ3n) is 4.29. The highest BCUT2D eigenvalue weighted by molar-refractivity contribution is 6.30. The molecule has 0 saturated heterocycles. The van der Waals surface area contributed by atoms with Crippen molar-refractivity contribution >= 4 is 23.4 Å². The fraction of sp³-hybridized carbons (Fsp3) is 0.273. The molecule has 3 rings (SSSR count). The Morgan fingerprint density at radius 1 is 0.893 bits per heavy atom. The molecule has 0 fully saturated rings. The maximum atomic E-state index is 6.04. The number of ether oxygens (including phenoxy) is 1. The molecule has 0 aliphatic heterocycles. The molecule has 0 saturated carbocycles. The molecule has 3 aromatic rings. The summed E-state index contributed by atoms with van der Waals surface area (Å²) in [5.41, 5.74) is 3.32. The zero-order valence-electron chi connectivity index (χ0n) is 16.2. The number of hydrogen-bond donors (Lipinski definition) is 2. The lowest BCUT2D eigenvalue weighted by Crippen LogP contribution is -2.12. The molecule has 0 aliphatic carbocycles. The van der Waals surface area contributed by atoms with Crippen LogP contribution in [0.5, 0.6) is 5.75 Å². The van der Waals surface area contributed by atoms with Crippen molar-refractivity contribution in [3.8, 4) is 5.75 Å². The maximum Gasteiger partial charge on any atom is 0.224 e. The monoisotopic (exact) mass is 396 g/mol. The predicted molar refractivity (Wildman–Crippen MR) is 116 cm³/mol. The molecule has 0 bridgehead atoms. The van der Waals surface area contributed by atoms with E-state index in [4.69, 9.17) is 16.3 Å². The van der Waals surface area contributed by atoms with Crippen LogP contribution in [0.15, 0.2) is 54.6 Å². The van der Waals surface area contributed by atoms with Crippen LogP contribution in [0.1, 0.15) is 16.8 Å². The van der Waals surface area contributed by atoms with Gasteiger partial charge in [0.2, 0.25) is 5.95 Å². The zero-order chi connectivity index (χ0) is 19.8. The summed E-state index contributed by atoms with van der Waals surface area (Å²) in [6.45, 7) is 3.50. The molecule has 0 spiro atoms. The molecule has 28 heavy (non-hydrogen) atoms. The third-order valence-corrected chi connectivity index (χ3v) is 4.53. The van der Waals surface area contributed by atoms with Crippen molar-refractivity contribution in [1.82, 2.24) is 9.97 Å². The fourth-order valence-corrected chi connectivity index (χ4v) is 3.13.